The van der Waals surface area contributed by atoms with Crippen LogP contribution in [0.15, 0.2) is 59.8 Å². The molecule has 0 aliphatic heterocycles. The predicted octanol–water partition coefficient (Wildman–Crippen LogP) is 8.16. The molecule has 1 aromatic heterocycles. The van der Waals surface area contributed by atoms with Gasteiger partial charge >= 0.3 is 0 Å². The molecule has 0 amide bonds. The molecule has 310 valence electrons. The van der Waals surface area contributed by atoms with Crippen LogP contribution in [0.2, 0.25) is 0 Å². The summed E-state index contributed by atoms with van der Waals surface area (Å²) < 4.78 is 296. The van der Waals surface area contributed by atoms with Gasteiger partial charge in [-0.1, -0.05) is 24.3 Å². The fourth-order valence-electron chi connectivity index (χ4n) is 6.26. The van der Waals surface area contributed by atoms with Gasteiger partial charge in [0.05, 0.1) is 0 Å². The normalized spacial score (nSPS) is 11.5. The second kappa shape index (κ2) is 16.5. The molecule has 0 fully saturated rings. The number of halogens is 20. The molecule has 59 heavy (non-hydrogen) atoms. The number of benzene rings is 5. The maximum absolute atomic E-state index is 15.4. The van der Waals surface area contributed by atoms with Crippen molar-refractivity contribution in [3.05, 3.63) is 177 Å². The summed E-state index contributed by atoms with van der Waals surface area (Å²) in [7, 11) is 0. The second-order valence-electron chi connectivity index (χ2n) is 12.0. The first-order chi connectivity index (χ1) is 27.6. The molecule has 0 spiro atoms. The van der Waals surface area contributed by atoms with Crippen LogP contribution >= 0.6 is 12.6 Å². The first kappa shape index (κ1) is 44.4. The van der Waals surface area contributed by atoms with Crippen LogP contribution in [0.1, 0.15) is 5.56 Å². The fourth-order valence-corrected chi connectivity index (χ4v) is 6.49. The van der Waals surface area contributed by atoms with Crippen molar-refractivity contribution < 1.29 is 92.4 Å². The monoisotopic (exact) mass is 881 g/mol. The third-order valence-electron chi connectivity index (χ3n) is 8.83. The van der Waals surface area contributed by atoms with Gasteiger partial charge in [0.25, 0.3) is 0 Å². The van der Waals surface area contributed by atoms with E-state index in [1.165, 1.54) is 5.56 Å². The van der Waals surface area contributed by atoms with Crippen LogP contribution in [-0.2, 0) is 6.54 Å². The van der Waals surface area contributed by atoms with Gasteiger partial charge in [-0.25, -0.2) is 92.4 Å². The number of rotatable bonds is 6. The van der Waals surface area contributed by atoms with Gasteiger partial charge in [0.2, 0.25) is 0 Å². The zero-order valence-electron chi connectivity index (χ0n) is 27.9. The molecule has 0 saturated carbocycles. The average Bonchev–Trinajstić information content (AvgIpc) is 3.22. The highest BCUT2D eigenvalue weighted by atomic mass is 32.1. The summed E-state index contributed by atoms with van der Waals surface area (Å²) >= 11 is 4.41. The van der Waals surface area contributed by atoms with Crippen molar-refractivity contribution in [2.45, 2.75) is 11.4 Å². The molecule has 0 N–H and O–H groups in total. The molecule has 0 atom stereocenters. The zero-order valence-corrected chi connectivity index (χ0v) is 28.8. The van der Waals surface area contributed by atoms with Gasteiger partial charge in [0.1, 0.15) is 52.7 Å². The van der Waals surface area contributed by atoms with Gasteiger partial charge in [-0.2, -0.15) is 0 Å². The maximum Gasteiger partial charge on any atom is 0.200 e. The van der Waals surface area contributed by atoms with Gasteiger partial charge in [-0.3, -0.25) is 0 Å². The Bertz CT molecular complexity index is 2280. The third kappa shape index (κ3) is 7.01. The Morgan fingerprint density at radius 2 is 0.559 bits per heavy atom. The molecule has 0 aliphatic carbocycles. The van der Waals surface area contributed by atoms with Gasteiger partial charge < -0.3 is 0 Å². The van der Waals surface area contributed by atoms with Gasteiger partial charge in [-0.05, 0) is 6.07 Å². The Hall–Kier alpha value is -5.74. The number of hydrogen-bond acceptors (Lipinski definition) is 1. The largest absolute Gasteiger partial charge is 0.207 e. The molecule has 1 heterocycles. The van der Waals surface area contributed by atoms with Gasteiger partial charge in [0, 0.05) is 22.6 Å². The lowest BCUT2D eigenvalue weighted by Gasteiger charge is -2.44. The minimum Gasteiger partial charge on any atom is -0.207 e. The fraction of sp³-hybridized carbons (Fsp3) is 0.0278. The average molecular weight is 881 g/mol. The summed E-state index contributed by atoms with van der Waals surface area (Å²) in [4.78, 5) is 1.05. The summed E-state index contributed by atoms with van der Waals surface area (Å²) in [5.74, 6) is -71.4. The van der Waals surface area contributed by atoms with E-state index in [9.17, 15) is 52.7 Å². The summed E-state index contributed by atoms with van der Waals surface area (Å²) in [6.45, 7) is 0.876. The lowest BCUT2D eigenvalue weighted by Crippen LogP contribution is -2.81. The molecule has 5 aromatic carbocycles. The van der Waals surface area contributed by atoms with Crippen molar-refractivity contribution in [2.75, 3.05) is 0 Å². The van der Waals surface area contributed by atoms with Crippen LogP contribution in [0.3, 0.4) is 0 Å². The van der Waals surface area contributed by atoms with Crippen molar-refractivity contribution in [3.63, 3.8) is 0 Å². The first-order valence-electron chi connectivity index (χ1n) is 15.5. The molecule has 1 nitrogen and oxygen atoms in total. The van der Waals surface area contributed by atoms with Crippen molar-refractivity contribution in [1.29, 1.82) is 0 Å². The second-order valence-corrected chi connectivity index (χ2v) is 12.5. The topological polar surface area (TPSA) is 3.88 Å². The van der Waals surface area contributed by atoms with E-state index in [1.807, 2.05) is 36.4 Å². The molecule has 0 bridgehead atoms. The Morgan fingerprint density at radius 3 is 0.814 bits per heavy atom. The van der Waals surface area contributed by atoms with Crippen molar-refractivity contribution in [3.8, 4) is 0 Å². The third-order valence-corrected chi connectivity index (χ3v) is 9.27. The van der Waals surface area contributed by atoms with Crippen LogP contribution in [0.25, 0.3) is 0 Å². The highest BCUT2D eigenvalue weighted by Gasteiger charge is 2.52. The van der Waals surface area contributed by atoms with Crippen LogP contribution < -0.4 is 26.4 Å². The van der Waals surface area contributed by atoms with Crippen LogP contribution in [0.4, 0.5) is 87.8 Å². The minimum absolute atomic E-state index is 0.876. The number of nitrogens with zero attached hydrogens (tertiary/aromatic N) is 1. The Labute approximate surface area is 321 Å². The van der Waals surface area contributed by atoms with E-state index in [4.69, 9.17) is 0 Å². The van der Waals surface area contributed by atoms with E-state index in [0.717, 1.165) is 11.4 Å². The van der Waals surface area contributed by atoms with Crippen molar-refractivity contribution in [2.24, 2.45) is 0 Å². The number of aromatic nitrogens is 1. The molecule has 0 unspecified atom stereocenters. The van der Waals surface area contributed by atoms with E-state index in [-0.39, 0.29) is 0 Å². The Kier molecular flexibility index (Phi) is 12.4. The van der Waals surface area contributed by atoms with Crippen molar-refractivity contribution >= 4 is 40.6 Å². The quantitative estimate of drug-likeness (QED) is 0.0431. The standard InChI is InChI=1S/C24BF20.C12H11NS/c26-5-1(6(27)14(35)21(42)13(5)34)25(2-7(28)15(36)22(43)16(37)8(2)29,3-9(30)17(38)23(44)18(39)10(3)31)4-11(32)19(40)24(45)20(41)12(4)33;14-12-7-3-2-6-11(12)10-13-8-4-1-5-9-13/h;1-9H,10H2/q-1;/p+1. The molecule has 0 saturated heterocycles. The molecule has 6 aromatic rings. The highest BCUT2D eigenvalue weighted by Crippen LogP contribution is 2.30. The van der Waals surface area contributed by atoms with E-state index in [0.29, 0.717) is 0 Å². The maximum atomic E-state index is 15.4. The van der Waals surface area contributed by atoms with E-state index >= 15 is 35.1 Å². The smallest absolute Gasteiger partial charge is 0.200 e. The summed E-state index contributed by atoms with van der Waals surface area (Å²) in [5, 5.41) is 0. The van der Waals surface area contributed by atoms with E-state index in [2.05, 4.69) is 35.7 Å². The lowest BCUT2D eigenvalue weighted by atomic mass is 9.12. The summed E-state index contributed by atoms with van der Waals surface area (Å²) in [6, 6.07) is 14.2. The van der Waals surface area contributed by atoms with E-state index in [1.54, 1.807) is 0 Å². The Balaban J connectivity index is 0.000000395. The molecular formula is C36H12BF20NS. The van der Waals surface area contributed by atoms with Crippen LogP contribution in [-0.4, -0.2) is 6.15 Å². The van der Waals surface area contributed by atoms with Gasteiger partial charge in [-0.15, -0.1) is 34.5 Å². The molecule has 0 aliphatic rings. The minimum atomic E-state index is -7.22. The number of hydrogen-bond donors (Lipinski definition) is 1. The molecule has 23 heteroatoms. The predicted molar refractivity (Wildman–Crippen MR) is 169 cm³/mol. The van der Waals surface area contributed by atoms with Crippen LogP contribution in [0, 0.1) is 116 Å². The molecule has 0 radical (unpaired) electrons. The summed E-state index contributed by atoms with van der Waals surface area (Å²) in [5.41, 5.74) is -13.1. The zero-order chi connectivity index (χ0) is 44.2. The van der Waals surface area contributed by atoms with Crippen molar-refractivity contribution in [1.82, 2.24) is 0 Å². The molecular weight excluding hydrogens is 869 g/mol. The highest BCUT2D eigenvalue weighted by molar-refractivity contribution is 7.80. The lowest BCUT2D eigenvalue weighted by molar-refractivity contribution is -0.688. The van der Waals surface area contributed by atoms with E-state index < -0.39 is 144 Å². The van der Waals surface area contributed by atoms with Gasteiger partial charge in [0.15, 0.2) is 88.7 Å². The SMILES string of the molecule is Fc1c(F)c(F)c([B-](c2c(F)c(F)c(F)c(F)c2F)(c2c(F)c(F)c(F)c(F)c2F)c2c(F)c(F)c(F)c(F)c2F)c(F)c1F.Sc1ccccc1C[n+]1ccccc1. The van der Waals surface area contributed by atoms with Crippen LogP contribution in [0.5, 0.6) is 0 Å². The summed E-state index contributed by atoms with van der Waals surface area (Å²) in [6.07, 6.45) is -3.11. The molecule has 6 rings (SSSR count). The number of pyridine rings is 1. The number of thiol groups is 1. The first-order valence-corrected chi connectivity index (χ1v) is 16.0. The Morgan fingerprint density at radius 1 is 0.322 bits per heavy atom.